The molecule has 7 heteroatoms. The number of nitrogens with zero attached hydrogens (tertiary/aromatic N) is 4. The Bertz CT molecular complexity index is 795. The van der Waals surface area contributed by atoms with Gasteiger partial charge in [0.2, 0.25) is 5.91 Å². The first kappa shape index (κ1) is 18.9. The highest BCUT2D eigenvalue weighted by molar-refractivity contribution is 5.80. The van der Waals surface area contributed by atoms with Crippen LogP contribution >= 0.6 is 0 Å². The Kier molecular flexibility index (Phi) is 5.62. The second-order valence-electron chi connectivity index (χ2n) is 8.11. The minimum Gasteiger partial charge on any atom is -0.393 e. The number of aliphatic hydroxyl groups excluding tert-OH is 1. The maximum atomic E-state index is 12.7. The number of aromatic nitrogens is 3. The number of hydrogen-bond acceptors (Lipinski definition) is 5. The van der Waals surface area contributed by atoms with E-state index < -0.39 is 0 Å². The Morgan fingerprint density at radius 2 is 1.96 bits per heavy atom. The molecule has 4 rings (SSSR count). The van der Waals surface area contributed by atoms with Gasteiger partial charge >= 0.3 is 0 Å². The number of piperidine rings is 1. The SMILES string of the molecule is Cn1cc(-c2ccc(N3CCC[C@H](C(=O)NC4CCC(O)CC4)C3)nc2)cn1. The summed E-state index contributed by atoms with van der Waals surface area (Å²) in [5.74, 6) is 1.07. The van der Waals surface area contributed by atoms with Crippen LogP contribution in [-0.2, 0) is 11.8 Å². The maximum absolute atomic E-state index is 12.7. The summed E-state index contributed by atoms with van der Waals surface area (Å²) >= 11 is 0. The van der Waals surface area contributed by atoms with Gasteiger partial charge in [0.05, 0.1) is 18.2 Å². The number of anilines is 1. The maximum Gasteiger partial charge on any atom is 0.225 e. The fraction of sp³-hybridized carbons (Fsp3) is 0.571. The van der Waals surface area contributed by atoms with Crippen LogP contribution in [0.25, 0.3) is 11.1 Å². The number of hydrogen-bond donors (Lipinski definition) is 2. The Hall–Kier alpha value is -2.41. The van der Waals surface area contributed by atoms with Gasteiger partial charge in [0.1, 0.15) is 5.82 Å². The number of carbonyl (C=O) groups excluding carboxylic acids is 1. The fourth-order valence-electron chi connectivity index (χ4n) is 4.25. The van der Waals surface area contributed by atoms with Crippen molar-refractivity contribution in [2.24, 2.45) is 13.0 Å². The molecule has 1 saturated heterocycles. The van der Waals surface area contributed by atoms with Crippen molar-refractivity contribution >= 4 is 11.7 Å². The Morgan fingerprint density at radius 1 is 1.14 bits per heavy atom. The average Bonchev–Trinajstić information content (AvgIpc) is 3.16. The number of aryl methyl sites for hydroxylation is 1. The van der Waals surface area contributed by atoms with Crippen LogP contribution in [0.2, 0.25) is 0 Å². The second-order valence-corrected chi connectivity index (χ2v) is 8.11. The summed E-state index contributed by atoms with van der Waals surface area (Å²) < 4.78 is 1.78. The molecule has 0 aromatic carbocycles. The van der Waals surface area contributed by atoms with E-state index in [2.05, 4.69) is 26.4 Å². The van der Waals surface area contributed by atoms with E-state index >= 15 is 0 Å². The van der Waals surface area contributed by atoms with Crippen molar-refractivity contribution in [3.63, 3.8) is 0 Å². The predicted octanol–water partition coefficient (Wildman–Crippen LogP) is 2.12. The lowest BCUT2D eigenvalue weighted by atomic mass is 9.91. The molecule has 2 aromatic heterocycles. The van der Waals surface area contributed by atoms with Gasteiger partial charge in [0.25, 0.3) is 0 Å². The Balaban J connectivity index is 1.36. The number of nitrogens with one attached hydrogen (secondary N) is 1. The molecule has 2 aliphatic rings. The first-order chi connectivity index (χ1) is 13.6. The minimum atomic E-state index is -0.195. The van der Waals surface area contributed by atoms with E-state index in [-0.39, 0.29) is 24.0 Å². The second kappa shape index (κ2) is 8.31. The number of aliphatic hydroxyl groups is 1. The third-order valence-corrected chi connectivity index (χ3v) is 5.95. The summed E-state index contributed by atoms with van der Waals surface area (Å²) in [5.41, 5.74) is 2.10. The molecule has 2 N–H and O–H groups in total. The van der Waals surface area contributed by atoms with Crippen LogP contribution in [0.5, 0.6) is 0 Å². The molecular weight excluding hydrogens is 354 g/mol. The smallest absolute Gasteiger partial charge is 0.225 e. The highest BCUT2D eigenvalue weighted by Gasteiger charge is 2.29. The van der Waals surface area contributed by atoms with E-state index in [0.717, 1.165) is 62.0 Å². The monoisotopic (exact) mass is 383 g/mol. The van der Waals surface area contributed by atoms with Gasteiger partial charge in [-0.2, -0.15) is 5.10 Å². The number of amides is 1. The van der Waals surface area contributed by atoms with Gasteiger partial charge in [-0.05, 0) is 50.7 Å². The summed E-state index contributed by atoms with van der Waals surface area (Å²) in [6.45, 7) is 1.64. The molecule has 1 aliphatic carbocycles. The molecule has 1 aliphatic heterocycles. The van der Waals surface area contributed by atoms with E-state index in [0.29, 0.717) is 6.54 Å². The average molecular weight is 383 g/mol. The van der Waals surface area contributed by atoms with Gasteiger partial charge in [-0.1, -0.05) is 0 Å². The molecule has 3 heterocycles. The topological polar surface area (TPSA) is 83.3 Å². The van der Waals surface area contributed by atoms with Crippen LogP contribution in [0, 0.1) is 5.92 Å². The van der Waals surface area contributed by atoms with Gasteiger partial charge < -0.3 is 15.3 Å². The molecule has 0 radical (unpaired) electrons. The lowest BCUT2D eigenvalue weighted by Crippen LogP contribution is -2.47. The fourth-order valence-corrected chi connectivity index (χ4v) is 4.25. The first-order valence-electron chi connectivity index (χ1n) is 10.3. The van der Waals surface area contributed by atoms with Crippen LogP contribution in [0.15, 0.2) is 30.7 Å². The van der Waals surface area contributed by atoms with E-state index in [1.807, 2.05) is 31.7 Å². The lowest BCUT2D eigenvalue weighted by molar-refractivity contribution is -0.126. The van der Waals surface area contributed by atoms with Crippen LogP contribution in [-0.4, -0.2) is 51.0 Å². The van der Waals surface area contributed by atoms with Crippen LogP contribution in [0.4, 0.5) is 5.82 Å². The van der Waals surface area contributed by atoms with Crippen LogP contribution in [0.3, 0.4) is 0 Å². The molecular formula is C21H29N5O2. The van der Waals surface area contributed by atoms with Gasteiger partial charge in [0, 0.05) is 49.7 Å². The van der Waals surface area contributed by atoms with Crippen LogP contribution < -0.4 is 10.2 Å². The van der Waals surface area contributed by atoms with Crippen molar-refractivity contribution in [2.75, 3.05) is 18.0 Å². The molecule has 0 bridgehead atoms. The molecule has 150 valence electrons. The van der Waals surface area contributed by atoms with Gasteiger partial charge in [0.15, 0.2) is 0 Å². The third-order valence-electron chi connectivity index (χ3n) is 5.95. The summed E-state index contributed by atoms with van der Waals surface area (Å²) in [6.07, 6.45) is 10.7. The molecule has 1 atom stereocenters. The van der Waals surface area contributed by atoms with Crippen molar-refractivity contribution in [1.82, 2.24) is 20.1 Å². The molecule has 7 nitrogen and oxygen atoms in total. The van der Waals surface area contributed by atoms with E-state index in [4.69, 9.17) is 0 Å². The number of pyridine rings is 1. The van der Waals surface area contributed by atoms with Gasteiger partial charge in [-0.25, -0.2) is 4.98 Å². The summed E-state index contributed by atoms with van der Waals surface area (Å²) in [6, 6.07) is 4.31. The molecule has 1 amide bonds. The zero-order valence-electron chi connectivity index (χ0n) is 16.4. The molecule has 2 fully saturated rings. The molecule has 0 unspecified atom stereocenters. The lowest BCUT2D eigenvalue weighted by Gasteiger charge is -2.34. The highest BCUT2D eigenvalue weighted by atomic mass is 16.3. The zero-order valence-corrected chi connectivity index (χ0v) is 16.4. The van der Waals surface area contributed by atoms with Crippen molar-refractivity contribution < 1.29 is 9.90 Å². The first-order valence-corrected chi connectivity index (χ1v) is 10.3. The molecule has 1 saturated carbocycles. The van der Waals surface area contributed by atoms with Crippen molar-refractivity contribution in [1.29, 1.82) is 0 Å². The number of rotatable bonds is 4. The zero-order chi connectivity index (χ0) is 19.5. The van der Waals surface area contributed by atoms with Crippen LogP contribution in [0.1, 0.15) is 38.5 Å². The highest BCUT2D eigenvalue weighted by Crippen LogP contribution is 2.25. The molecule has 0 spiro atoms. The summed E-state index contributed by atoms with van der Waals surface area (Å²) in [7, 11) is 1.90. The van der Waals surface area contributed by atoms with Gasteiger partial charge in [-0.15, -0.1) is 0 Å². The van der Waals surface area contributed by atoms with Gasteiger partial charge in [-0.3, -0.25) is 9.48 Å². The standard InChI is InChI=1S/C21H29N5O2/c1-25-13-17(12-23-25)15-4-9-20(22-11-15)26-10-2-3-16(14-26)21(28)24-18-5-7-19(27)8-6-18/h4,9,11-13,16,18-19,27H,2-3,5-8,10,14H2,1H3,(H,24,28)/t16-,18?,19?/m0/s1. The predicted molar refractivity (Wildman–Crippen MR) is 108 cm³/mol. The molecule has 2 aromatic rings. The normalized spacial score (nSPS) is 25.5. The van der Waals surface area contributed by atoms with Crippen molar-refractivity contribution in [3.8, 4) is 11.1 Å². The largest absolute Gasteiger partial charge is 0.393 e. The van der Waals surface area contributed by atoms with Crippen molar-refractivity contribution in [2.45, 2.75) is 50.7 Å². The van der Waals surface area contributed by atoms with E-state index in [1.54, 1.807) is 4.68 Å². The number of carbonyl (C=O) groups is 1. The third kappa shape index (κ3) is 4.35. The minimum absolute atomic E-state index is 0.000370. The quantitative estimate of drug-likeness (QED) is 0.845. The summed E-state index contributed by atoms with van der Waals surface area (Å²) in [5, 5.41) is 17.0. The Morgan fingerprint density at radius 3 is 2.64 bits per heavy atom. The molecule has 28 heavy (non-hydrogen) atoms. The Labute approximate surface area is 165 Å². The van der Waals surface area contributed by atoms with Crippen molar-refractivity contribution in [3.05, 3.63) is 30.7 Å². The van der Waals surface area contributed by atoms with E-state index in [9.17, 15) is 9.90 Å². The summed E-state index contributed by atoms with van der Waals surface area (Å²) in [4.78, 5) is 19.6. The van der Waals surface area contributed by atoms with E-state index in [1.165, 1.54) is 0 Å².